The van der Waals surface area contributed by atoms with Gasteiger partial charge >= 0.3 is 6.09 Å². The van der Waals surface area contributed by atoms with Crippen LogP contribution in [0.3, 0.4) is 0 Å². The Morgan fingerprint density at radius 3 is 2.46 bits per heavy atom. The first kappa shape index (κ1) is 46.3. The van der Waals surface area contributed by atoms with Crippen LogP contribution in [0.15, 0.2) is 70.6 Å². The number of fused-ring (bicyclic) bond motifs is 1. The number of halogens is 3. The average molecular weight is 983 g/mol. The van der Waals surface area contributed by atoms with Gasteiger partial charge in [-0.2, -0.15) is 15.0 Å². The van der Waals surface area contributed by atoms with Gasteiger partial charge < -0.3 is 45.9 Å². The van der Waals surface area contributed by atoms with E-state index in [2.05, 4.69) is 67.0 Å². The molecule has 344 valence electrons. The van der Waals surface area contributed by atoms with Crippen LogP contribution >= 0.6 is 15.9 Å². The van der Waals surface area contributed by atoms with Gasteiger partial charge in [-0.3, -0.25) is 9.48 Å². The van der Waals surface area contributed by atoms with Gasteiger partial charge in [0, 0.05) is 38.6 Å². The molecule has 1 saturated heterocycles. The zero-order valence-electron chi connectivity index (χ0n) is 35.8. The van der Waals surface area contributed by atoms with Crippen molar-refractivity contribution in [3.8, 4) is 5.88 Å². The molecule has 2 aromatic carbocycles. The van der Waals surface area contributed by atoms with E-state index in [1.807, 2.05) is 0 Å². The molecule has 7 rings (SSSR count). The highest BCUT2D eigenvalue weighted by Gasteiger charge is 2.37. The first-order valence-corrected chi connectivity index (χ1v) is 22.4. The second-order valence-corrected chi connectivity index (χ2v) is 18.4. The molecule has 25 heteroatoms. The highest BCUT2D eigenvalue weighted by molar-refractivity contribution is 9.10. The van der Waals surface area contributed by atoms with E-state index in [1.165, 1.54) is 37.6 Å². The number of aromatic nitrogens is 8. The molecule has 6 aromatic rings. The molecular formula is C40H46BrF2N15O6S. The highest BCUT2D eigenvalue weighted by Crippen LogP contribution is 2.32. The Bertz CT molecular complexity index is 2820. The third kappa shape index (κ3) is 11.1. The number of alkyl carbamates (subject to hydrolysis) is 1. The molecule has 0 saturated carbocycles. The molecule has 1 aliphatic rings. The predicted octanol–water partition coefficient (Wildman–Crippen LogP) is 5.40. The number of carbonyl (C=O) groups excluding carboxylic acids is 2. The third-order valence-corrected chi connectivity index (χ3v) is 11.8. The number of rotatable bonds is 17. The molecule has 0 radical (unpaired) electrons. The number of benzene rings is 2. The van der Waals surface area contributed by atoms with E-state index in [-0.39, 0.29) is 59.4 Å². The van der Waals surface area contributed by atoms with Crippen LogP contribution in [0.5, 0.6) is 5.88 Å². The number of imidazole rings is 1. The van der Waals surface area contributed by atoms with Crippen molar-refractivity contribution in [1.82, 2.24) is 49.3 Å². The number of ether oxygens (including phenoxy) is 2. The Balaban J connectivity index is 0.928. The minimum absolute atomic E-state index is 0.0427. The minimum Gasteiger partial charge on any atom is -0.478 e. The monoisotopic (exact) mass is 981 g/mol. The predicted molar refractivity (Wildman–Crippen MR) is 241 cm³/mol. The largest absolute Gasteiger partial charge is 0.478 e. The summed E-state index contributed by atoms with van der Waals surface area (Å²) < 4.78 is 73.0. The van der Waals surface area contributed by atoms with E-state index < -0.39 is 45.7 Å². The van der Waals surface area contributed by atoms with E-state index in [0.29, 0.717) is 52.2 Å². The van der Waals surface area contributed by atoms with Crippen molar-refractivity contribution in [3.05, 3.63) is 77.0 Å². The molecule has 0 bridgehead atoms. The van der Waals surface area contributed by atoms with Crippen LogP contribution in [0, 0.1) is 5.82 Å². The Kier molecular flexibility index (Phi) is 13.6. The van der Waals surface area contributed by atoms with E-state index >= 15 is 4.39 Å². The van der Waals surface area contributed by atoms with E-state index in [0.717, 1.165) is 6.07 Å². The maximum Gasteiger partial charge on any atom is 0.408 e. The van der Waals surface area contributed by atoms with Crippen LogP contribution in [0.4, 0.5) is 54.2 Å². The number of anilines is 7. The van der Waals surface area contributed by atoms with Crippen molar-refractivity contribution in [2.45, 2.75) is 62.9 Å². The maximum atomic E-state index is 15.2. The lowest BCUT2D eigenvalue weighted by Gasteiger charge is -2.22. The van der Waals surface area contributed by atoms with Gasteiger partial charge in [-0.25, -0.2) is 36.7 Å². The zero-order chi connectivity index (χ0) is 46.6. The molecule has 7 N–H and O–H groups in total. The normalized spacial score (nSPS) is 15.2. The molecule has 2 atom stereocenters. The van der Waals surface area contributed by atoms with Crippen molar-refractivity contribution in [3.63, 3.8) is 0 Å². The fourth-order valence-electron chi connectivity index (χ4n) is 6.69. The Labute approximate surface area is 380 Å². The molecule has 4 aromatic heterocycles. The van der Waals surface area contributed by atoms with Gasteiger partial charge in [-0.05, 0) is 85.9 Å². The summed E-state index contributed by atoms with van der Waals surface area (Å²) in [5, 5.41) is 16.3. The van der Waals surface area contributed by atoms with Crippen molar-refractivity contribution in [2.24, 2.45) is 12.8 Å². The van der Waals surface area contributed by atoms with Crippen LogP contribution < -0.4 is 41.4 Å². The summed E-state index contributed by atoms with van der Waals surface area (Å²) in [6.45, 7) is 5.82. The minimum atomic E-state index is -3.86. The number of unbranched alkanes of at least 4 members (excludes halogenated alkanes) is 1. The first-order chi connectivity index (χ1) is 30.9. The smallest absolute Gasteiger partial charge is 0.408 e. The fourth-order valence-corrected chi connectivity index (χ4v) is 8.05. The number of aryl methyl sites for hydroxylation is 2. The second kappa shape index (κ2) is 19.2. The van der Waals surface area contributed by atoms with Crippen molar-refractivity contribution >= 4 is 89.7 Å². The maximum absolute atomic E-state index is 15.2. The molecule has 5 heterocycles. The summed E-state index contributed by atoms with van der Waals surface area (Å²) in [7, 11) is -0.606. The van der Waals surface area contributed by atoms with Gasteiger partial charge in [0.05, 0.1) is 52.8 Å². The Hall–Kier alpha value is -6.73. The summed E-state index contributed by atoms with van der Waals surface area (Å²) in [4.78, 5) is 48.3. The van der Waals surface area contributed by atoms with Crippen molar-refractivity contribution in [1.29, 1.82) is 0 Å². The van der Waals surface area contributed by atoms with Gasteiger partial charge in [0.2, 0.25) is 21.9 Å². The van der Waals surface area contributed by atoms with Crippen molar-refractivity contribution in [2.75, 3.05) is 47.6 Å². The fraction of sp³-hybridized carbons (Fsp3) is 0.350. The van der Waals surface area contributed by atoms with Gasteiger partial charge in [-0.1, -0.05) is 6.07 Å². The SMILES string of the molecule is COc1nn(CCCCNS(=O)(=O)c2ccc(Nc3ncc(Br)c(Nc4cccc(F)c4C(N)=O)n3)cc2)cc1Nc1nc(N2C[C@@H](F)[C@H](NC(=O)OC(C)(C)C)C2)nc2c1ncn2C. The molecule has 65 heavy (non-hydrogen) atoms. The summed E-state index contributed by atoms with van der Waals surface area (Å²) in [5.41, 5.74) is 6.32. The highest BCUT2D eigenvalue weighted by atomic mass is 79.9. The number of nitrogens with one attached hydrogen (secondary N) is 5. The lowest BCUT2D eigenvalue weighted by Crippen LogP contribution is -2.44. The molecule has 2 amide bonds. The Morgan fingerprint density at radius 2 is 1.74 bits per heavy atom. The molecule has 0 aliphatic carbocycles. The van der Waals surface area contributed by atoms with Gasteiger partial charge in [-0.15, -0.1) is 5.10 Å². The van der Waals surface area contributed by atoms with Crippen LogP contribution in [-0.4, -0.2) is 104 Å². The topological polar surface area (TPSA) is 263 Å². The molecule has 21 nitrogen and oxygen atoms in total. The number of alkyl halides is 1. The molecular weight excluding hydrogens is 937 g/mol. The number of primary amides is 1. The number of hydrogen-bond donors (Lipinski definition) is 6. The zero-order valence-corrected chi connectivity index (χ0v) is 38.2. The van der Waals surface area contributed by atoms with E-state index in [4.69, 9.17) is 20.2 Å². The van der Waals surface area contributed by atoms with Crippen LogP contribution in [0.1, 0.15) is 44.0 Å². The number of sulfonamides is 1. The standard InChI is InChI=1S/C40H46BrF2N15O6S/c1-40(2,3)64-39(60)51-28-19-57(18-26(28)43)38-53-34(31-35(54-38)56(4)21-46-31)50-29-20-58(55-36(29)63-5)16-7-6-15-47-65(61,62)23-13-11-22(12-14-23)48-37-45-17-24(41)33(52-37)49-27-10-8-9-25(42)30(27)32(44)59/h8-14,17,20-21,26,28,47H,6-7,15-16,18-19H2,1-5H3,(H2,44,59)(H,51,60)(H,50,53,54)(H2,45,48,49,52)/t26-,28-/m1/s1. The summed E-state index contributed by atoms with van der Waals surface area (Å²) in [6, 6.07) is 9.15. The Morgan fingerprint density at radius 1 is 0.985 bits per heavy atom. The number of nitrogens with two attached hydrogens (primary N) is 1. The number of nitrogens with zero attached hydrogens (tertiary/aromatic N) is 9. The summed E-state index contributed by atoms with van der Waals surface area (Å²) >= 11 is 3.34. The van der Waals surface area contributed by atoms with Crippen LogP contribution in [0.25, 0.3) is 11.2 Å². The average Bonchev–Trinajstić information content (AvgIpc) is 3.94. The van der Waals surface area contributed by atoms with Gasteiger partial charge in [0.15, 0.2) is 17.0 Å². The lowest BCUT2D eigenvalue weighted by atomic mass is 10.1. The summed E-state index contributed by atoms with van der Waals surface area (Å²) in [5.74, 6) is -0.565. The molecule has 0 spiro atoms. The molecule has 0 unspecified atom stereocenters. The number of carbonyl (C=O) groups is 2. The number of methoxy groups -OCH3 is 1. The second-order valence-electron chi connectivity index (χ2n) is 15.8. The van der Waals surface area contributed by atoms with E-state index in [9.17, 15) is 22.4 Å². The molecule has 1 aliphatic heterocycles. The summed E-state index contributed by atoms with van der Waals surface area (Å²) in [6.07, 6.45) is 3.69. The van der Waals surface area contributed by atoms with E-state index in [1.54, 1.807) is 66.6 Å². The third-order valence-electron chi connectivity index (χ3n) is 9.74. The van der Waals surface area contributed by atoms with Gasteiger partial charge in [0.25, 0.3) is 11.8 Å². The lowest BCUT2D eigenvalue weighted by molar-refractivity contribution is 0.0490. The molecule has 1 fully saturated rings. The van der Waals surface area contributed by atoms with Crippen LogP contribution in [0.2, 0.25) is 0 Å². The number of amides is 2. The quantitative estimate of drug-likeness (QED) is 0.0625. The van der Waals surface area contributed by atoms with Crippen LogP contribution in [-0.2, 0) is 28.4 Å². The number of hydrogen-bond acceptors (Lipinski definition) is 16. The first-order valence-electron chi connectivity index (χ1n) is 20.1. The van der Waals surface area contributed by atoms with Crippen molar-refractivity contribution < 1.29 is 36.3 Å². The van der Waals surface area contributed by atoms with Gasteiger partial charge in [0.1, 0.15) is 29.1 Å².